The van der Waals surface area contributed by atoms with Crippen molar-refractivity contribution in [3.63, 3.8) is 0 Å². The summed E-state index contributed by atoms with van der Waals surface area (Å²) in [5.74, 6) is -0.486. The summed E-state index contributed by atoms with van der Waals surface area (Å²) in [7, 11) is -1.55. The summed E-state index contributed by atoms with van der Waals surface area (Å²) in [6.07, 6.45) is 0.852. The third-order valence-electron chi connectivity index (χ3n) is 7.49. The van der Waals surface area contributed by atoms with Crippen molar-refractivity contribution in [3.8, 4) is 11.5 Å². The number of hydrogen-bond donors (Lipinski definition) is 1. The Kier molecular flexibility index (Phi) is 13.0. The maximum atomic E-state index is 14.6. The molecule has 0 radical (unpaired) electrons. The summed E-state index contributed by atoms with van der Waals surface area (Å²) < 4.78 is 40.3. The average molecular weight is 733 g/mol. The summed E-state index contributed by atoms with van der Waals surface area (Å²) in [6.45, 7) is 1.61. The molecule has 0 bridgehead atoms. The molecule has 4 aromatic rings. The van der Waals surface area contributed by atoms with Gasteiger partial charge in [-0.25, -0.2) is 8.42 Å². The number of nitrogens with zero attached hydrogens (tertiary/aromatic N) is 2. The molecule has 48 heavy (non-hydrogen) atoms. The Labute approximate surface area is 296 Å². The SMILES string of the molecule is CCCNC(=O)[C@H](Cc1ccccc1)N(Cc1ccc(Cl)c(Cl)c1)C(=O)CN(c1ccc(Cl)cc1)S(=O)(=O)c1ccc(OC)c(OC)c1. The van der Waals surface area contributed by atoms with E-state index in [0.29, 0.717) is 34.3 Å². The van der Waals surface area contributed by atoms with Crippen molar-refractivity contribution in [2.75, 3.05) is 31.6 Å². The van der Waals surface area contributed by atoms with Crippen LogP contribution in [0.1, 0.15) is 24.5 Å². The Morgan fingerprint density at radius 2 is 1.50 bits per heavy atom. The normalized spacial score (nSPS) is 11.8. The number of methoxy groups -OCH3 is 2. The first-order valence-electron chi connectivity index (χ1n) is 15.0. The van der Waals surface area contributed by atoms with E-state index in [2.05, 4.69) is 5.32 Å². The number of ether oxygens (including phenoxy) is 2. The Morgan fingerprint density at radius 1 is 0.812 bits per heavy atom. The number of benzene rings is 4. The maximum absolute atomic E-state index is 14.6. The second-order valence-corrected chi connectivity index (χ2v) is 13.9. The number of anilines is 1. The van der Waals surface area contributed by atoms with E-state index in [9.17, 15) is 18.0 Å². The zero-order valence-corrected chi connectivity index (χ0v) is 29.7. The van der Waals surface area contributed by atoms with Crippen molar-refractivity contribution in [2.45, 2.75) is 37.2 Å². The number of rotatable bonds is 15. The molecule has 0 saturated heterocycles. The highest BCUT2D eigenvalue weighted by Gasteiger charge is 2.35. The van der Waals surface area contributed by atoms with Crippen LogP contribution in [0.3, 0.4) is 0 Å². The highest BCUT2D eigenvalue weighted by molar-refractivity contribution is 7.92. The molecule has 0 saturated carbocycles. The van der Waals surface area contributed by atoms with Crippen molar-refractivity contribution in [2.24, 2.45) is 0 Å². The minimum Gasteiger partial charge on any atom is -0.493 e. The van der Waals surface area contributed by atoms with Gasteiger partial charge in [-0.3, -0.25) is 13.9 Å². The predicted octanol–water partition coefficient (Wildman–Crippen LogP) is 7.03. The third kappa shape index (κ3) is 9.14. The third-order valence-corrected chi connectivity index (χ3v) is 10.3. The molecule has 0 aromatic heterocycles. The van der Waals surface area contributed by atoms with Gasteiger partial charge in [-0.05, 0) is 66.1 Å². The summed E-state index contributed by atoms with van der Waals surface area (Å²) in [4.78, 5) is 29.6. The van der Waals surface area contributed by atoms with Gasteiger partial charge >= 0.3 is 0 Å². The van der Waals surface area contributed by atoms with Crippen LogP contribution in [-0.4, -0.2) is 58.5 Å². The number of amides is 2. The molecule has 0 aliphatic carbocycles. The van der Waals surface area contributed by atoms with Gasteiger partial charge in [0.25, 0.3) is 10.0 Å². The van der Waals surface area contributed by atoms with Crippen molar-refractivity contribution in [1.29, 1.82) is 0 Å². The van der Waals surface area contributed by atoms with Gasteiger partial charge in [-0.2, -0.15) is 0 Å². The molecule has 2 amide bonds. The van der Waals surface area contributed by atoms with Crippen LogP contribution in [0.4, 0.5) is 5.69 Å². The molecule has 254 valence electrons. The van der Waals surface area contributed by atoms with Gasteiger partial charge in [0, 0.05) is 30.6 Å². The fraction of sp³-hybridized carbons (Fsp3) is 0.257. The second kappa shape index (κ2) is 16.9. The highest BCUT2D eigenvalue weighted by Crippen LogP contribution is 2.33. The number of carbonyl (C=O) groups excluding carboxylic acids is 2. The first-order chi connectivity index (χ1) is 23.0. The van der Waals surface area contributed by atoms with Crippen LogP contribution in [0.25, 0.3) is 0 Å². The van der Waals surface area contributed by atoms with Crippen molar-refractivity contribution >= 4 is 62.3 Å². The fourth-order valence-electron chi connectivity index (χ4n) is 4.99. The highest BCUT2D eigenvalue weighted by atomic mass is 35.5. The minimum atomic E-state index is -4.39. The molecule has 0 aliphatic heterocycles. The summed E-state index contributed by atoms with van der Waals surface area (Å²) >= 11 is 18.7. The van der Waals surface area contributed by atoms with Gasteiger partial charge in [0.1, 0.15) is 12.6 Å². The van der Waals surface area contributed by atoms with E-state index in [-0.39, 0.29) is 40.2 Å². The van der Waals surface area contributed by atoms with E-state index in [1.807, 2.05) is 37.3 Å². The van der Waals surface area contributed by atoms with E-state index in [1.165, 1.54) is 61.6 Å². The number of sulfonamides is 1. The molecule has 4 rings (SSSR count). The number of carbonyl (C=O) groups is 2. The Morgan fingerprint density at radius 3 is 2.12 bits per heavy atom. The number of nitrogens with one attached hydrogen (secondary N) is 1. The molecule has 4 aromatic carbocycles. The van der Waals surface area contributed by atoms with Crippen LogP contribution in [0, 0.1) is 0 Å². The van der Waals surface area contributed by atoms with Gasteiger partial charge in [-0.15, -0.1) is 0 Å². The Bertz CT molecular complexity index is 1830. The van der Waals surface area contributed by atoms with E-state index < -0.39 is 28.5 Å². The maximum Gasteiger partial charge on any atom is 0.264 e. The molecule has 13 heteroatoms. The molecular formula is C35H36Cl3N3O6S. The van der Waals surface area contributed by atoms with Crippen LogP contribution in [0.2, 0.25) is 15.1 Å². The monoisotopic (exact) mass is 731 g/mol. The van der Waals surface area contributed by atoms with Crippen molar-refractivity contribution in [3.05, 3.63) is 117 Å². The van der Waals surface area contributed by atoms with Gasteiger partial charge in [0.05, 0.1) is 34.8 Å². The number of hydrogen-bond acceptors (Lipinski definition) is 6. The predicted molar refractivity (Wildman–Crippen MR) is 190 cm³/mol. The fourth-order valence-corrected chi connectivity index (χ4v) is 6.87. The molecule has 0 heterocycles. The smallest absolute Gasteiger partial charge is 0.264 e. The first-order valence-corrected chi connectivity index (χ1v) is 17.6. The zero-order valence-electron chi connectivity index (χ0n) is 26.7. The quantitative estimate of drug-likeness (QED) is 0.141. The van der Waals surface area contributed by atoms with Gasteiger partial charge in [0.15, 0.2) is 11.5 Å². The van der Waals surface area contributed by atoms with E-state index in [1.54, 1.807) is 18.2 Å². The minimum absolute atomic E-state index is 0.0579. The average Bonchev–Trinajstić information content (AvgIpc) is 3.09. The molecule has 9 nitrogen and oxygen atoms in total. The largest absolute Gasteiger partial charge is 0.493 e. The van der Waals surface area contributed by atoms with Gasteiger partial charge in [0.2, 0.25) is 11.8 Å². The zero-order chi connectivity index (χ0) is 34.8. The standard InChI is InChI=1S/C35H36Cl3N3O6S/c1-4-18-39-35(43)31(20-24-8-6-5-7-9-24)40(22-25-10-16-29(37)30(38)19-25)34(42)23-41(27-13-11-26(36)12-14-27)48(44,45)28-15-17-32(46-2)33(21-28)47-3/h5-17,19,21,31H,4,18,20,22-23H2,1-3H3,(H,39,43)/t31-/m0/s1. The lowest BCUT2D eigenvalue weighted by Gasteiger charge is -2.34. The van der Waals surface area contributed by atoms with E-state index in [0.717, 1.165) is 9.87 Å². The van der Waals surface area contributed by atoms with Crippen molar-refractivity contribution < 1.29 is 27.5 Å². The van der Waals surface area contributed by atoms with E-state index in [4.69, 9.17) is 44.3 Å². The van der Waals surface area contributed by atoms with E-state index >= 15 is 0 Å². The molecular weight excluding hydrogens is 697 g/mol. The summed E-state index contributed by atoms with van der Waals surface area (Å²) in [5, 5.41) is 3.89. The molecule has 1 atom stereocenters. The molecule has 0 unspecified atom stereocenters. The molecule has 0 aliphatic rings. The molecule has 0 spiro atoms. The van der Waals surface area contributed by atoms with Crippen LogP contribution in [0.15, 0.2) is 95.9 Å². The summed E-state index contributed by atoms with van der Waals surface area (Å²) in [6, 6.07) is 23.4. The van der Waals surface area contributed by atoms with Gasteiger partial charge < -0.3 is 19.7 Å². The van der Waals surface area contributed by atoms with Crippen LogP contribution in [0.5, 0.6) is 11.5 Å². The second-order valence-electron chi connectivity index (χ2n) is 10.8. The lowest BCUT2D eigenvalue weighted by molar-refractivity contribution is -0.140. The first kappa shape index (κ1) is 36.9. The Hall–Kier alpha value is -3.96. The van der Waals surface area contributed by atoms with Crippen LogP contribution < -0.4 is 19.1 Å². The van der Waals surface area contributed by atoms with Crippen LogP contribution >= 0.6 is 34.8 Å². The molecule has 0 fully saturated rings. The lowest BCUT2D eigenvalue weighted by Crippen LogP contribution is -2.53. The topological polar surface area (TPSA) is 105 Å². The lowest BCUT2D eigenvalue weighted by atomic mass is 10.0. The number of halogens is 3. The van der Waals surface area contributed by atoms with Crippen LogP contribution in [-0.2, 0) is 32.6 Å². The Balaban J connectivity index is 1.83. The molecule has 1 N–H and O–H groups in total. The summed E-state index contributed by atoms with van der Waals surface area (Å²) in [5.41, 5.74) is 1.60. The van der Waals surface area contributed by atoms with Crippen molar-refractivity contribution in [1.82, 2.24) is 10.2 Å². The van der Waals surface area contributed by atoms with Gasteiger partial charge in [-0.1, -0.05) is 78.1 Å².